The highest BCUT2D eigenvalue weighted by atomic mass is 35.5. The number of methoxy groups -OCH3 is 1. The van der Waals surface area contributed by atoms with Crippen LogP contribution < -0.4 is 11.1 Å². The average Bonchev–Trinajstić information content (AvgIpc) is 2.56. The van der Waals surface area contributed by atoms with Gasteiger partial charge in [0.1, 0.15) is 6.04 Å². The smallest absolute Gasteiger partial charge is 0.254 e. The summed E-state index contributed by atoms with van der Waals surface area (Å²) in [6.45, 7) is 0. The molecule has 2 atom stereocenters. The Balaban J connectivity index is 2.11. The van der Waals surface area contributed by atoms with E-state index in [0.717, 1.165) is 5.56 Å². The van der Waals surface area contributed by atoms with Gasteiger partial charge in [0, 0.05) is 18.6 Å². The van der Waals surface area contributed by atoms with Gasteiger partial charge in [0.15, 0.2) is 6.10 Å². The lowest BCUT2D eigenvalue weighted by atomic mass is 10.0. The fourth-order valence-electron chi connectivity index (χ4n) is 2.39. The number of hydrogen-bond donors (Lipinski definition) is 2. The third-order valence-corrected chi connectivity index (χ3v) is 3.80. The molecule has 0 aliphatic heterocycles. The Hall–Kier alpha value is -2.37. The SMILES string of the molecule is CO[C@H](C(=O)N[C@H](Cc1cccc(Cl)c1)C(N)=O)c1ccccc1. The average molecular weight is 347 g/mol. The van der Waals surface area contributed by atoms with Crippen molar-refractivity contribution >= 4 is 23.4 Å². The maximum atomic E-state index is 12.5. The van der Waals surface area contributed by atoms with Gasteiger partial charge in [-0.3, -0.25) is 9.59 Å². The van der Waals surface area contributed by atoms with E-state index in [1.165, 1.54) is 7.11 Å². The third kappa shape index (κ3) is 4.81. The van der Waals surface area contributed by atoms with Crippen molar-refractivity contribution in [3.63, 3.8) is 0 Å². The molecule has 0 aliphatic rings. The van der Waals surface area contributed by atoms with Gasteiger partial charge in [-0.15, -0.1) is 0 Å². The monoisotopic (exact) mass is 346 g/mol. The zero-order chi connectivity index (χ0) is 17.5. The lowest BCUT2D eigenvalue weighted by Crippen LogP contribution is -2.47. The highest BCUT2D eigenvalue weighted by Crippen LogP contribution is 2.17. The van der Waals surface area contributed by atoms with Crippen LogP contribution in [0.3, 0.4) is 0 Å². The van der Waals surface area contributed by atoms with Crippen molar-refractivity contribution in [2.45, 2.75) is 18.6 Å². The quantitative estimate of drug-likeness (QED) is 0.806. The predicted octanol–water partition coefficient (Wildman–Crippen LogP) is 2.24. The molecule has 0 bridgehead atoms. The molecule has 0 unspecified atom stereocenters. The molecule has 0 aromatic heterocycles. The Bertz CT molecular complexity index is 706. The number of carbonyl (C=O) groups is 2. The number of rotatable bonds is 7. The minimum atomic E-state index is -0.850. The molecule has 0 fully saturated rings. The van der Waals surface area contributed by atoms with Crippen LogP contribution in [0.2, 0.25) is 5.02 Å². The first kappa shape index (κ1) is 18.0. The van der Waals surface area contributed by atoms with Crippen LogP contribution in [0.25, 0.3) is 0 Å². The van der Waals surface area contributed by atoms with Gasteiger partial charge >= 0.3 is 0 Å². The predicted molar refractivity (Wildman–Crippen MR) is 92.5 cm³/mol. The molecule has 0 spiro atoms. The van der Waals surface area contributed by atoms with E-state index in [1.54, 1.807) is 30.3 Å². The van der Waals surface area contributed by atoms with Crippen molar-refractivity contribution < 1.29 is 14.3 Å². The second-order valence-corrected chi connectivity index (χ2v) is 5.76. The van der Waals surface area contributed by atoms with Crippen LogP contribution in [0.4, 0.5) is 0 Å². The van der Waals surface area contributed by atoms with Crippen molar-refractivity contribution in [3.8, 4) is 0 Å². The summed E-state index contributed by atoms with van der Waals surface area (Å²) < 4.78 is 5.26. The molecule has 2 amide bonds. The summed E-state index contributed by atoms with van der Waals surface area (Å²) in [5.74, 6) is -1.04. The summed E-state index contributed by atoms with van der Waals surface area (Å²) in [5.41, 5.74) is 6.93. The summed E-state index contributed by atoms with van der Waals surface area (Å²) in [4.78, 5) is 24.2. The Morgan fingerprint density at radius 1 is 1.17 bits per heavy atom. The lowest BCUT2D eigenvalue weighted by Gasteiger charge is -2.20. The largest absolute Gasteiger partial charge is 0.368 e. The van der Waals surface area contributed by atoms with Gasteiger partial charge in [0.25, 0.3) is 5.91 Å². The molecule has 2 aromatic rings. The Kier molecular flexibility index (Phi) is 6.35. The van der Waals surface area contributed by atoms with Gasteiger partial charge in [0.2, 0.25) is 5.91 Å². The van der Waals surface area contributed by atoms with E-state index in [1.807, 2.05) is 24.3 Å². The minimum Gasteiger partial charge on any atom is -0.368 e. The molecule has 0 saturated heterocycles. The van der Waals surface area contributed by atoms with Crippen molar-refractivity contribution in [1.82, 2.24) is 5.32 Å². The second-order valence-electron chi connectivity index (χ2n) is 5.32. The topological polar surface area (TPSA) is 81.4 Å². The lowest BCUT2D eigenvalue weighted by molar-refractivity contribution is -0.134. The number of halogens is 1. The summed E-state index contributed by atoms with van der Waals surface area (Å²) in [5, 5.41) is 3.21. The molecule has 2 rings (SSSR count). The number of ether oxygens (including phenoxy) is 1. The van der Waals surface area contributed by atoms with E-state index in [4.69, 9.17) is 22.1 Å². The molecule has 0 heterocycles. The van der Waals surface area contributed by atoms with Crippen LogP contribution in [-0.4, -0.2) is 25.0 Å². The van der Waals surface area contributed by atoms with Crippen LogP contribution in [0.1, 0.15) is 17.2 Å². The molecule has 126 valence electrons. The number of nitrogens with one attached hydrogen (secondary N) is 1. The number of nitrogens with two attached hydrogens (primary N) is 1. The van der Waals surface area contributed by atoms with Crippen molar-refractivity contribution in [2.24, 2.45) is 5.73 Å². The number of amides is 2. The Morgan fingerprint density at radius 3 is 2.46 bits per heavy atom. The number of primary amides is 1. The number of benzene rings is 2. The van der Waals surface area contributed by atoms with Gasteiger partial charge in [0.05, 0.1) is 0 Å². The van der Waals surface area contributed by atoms with E-state index < -0.39 is 24.0 Å². The van der Waals surface area contributed by atoms with E-state index in [-0.39, 0.29) is 6.42 Å². The second kappa shape index (κ2) is 8.47. The summed E-state index contributed by atoms with van der Waals surface area (Å²) >= 11 is 5.94. The van der Waals surface area contributed by atoms with Gasteiger partial charge in [-0.05, 0) is 23.3 Å². The first-order valence-corrected chi connectivity index (χ1v) is 7.81. The van der Waals surface area contributed by atoms with Crippen molar-refractivity contribution in [3.05, 3.63) is 70.7 Å². The molecular formula is C18H19ClN2O3. The molecular weight excluding hydrogens is 328 g/mol. The maximum absolute atomic E-state index is 12.5. The highest BCUT2D eigenvalue weighted by Gasteiger charge is 2.25. The number of hydrogen-bond acceptors (Lipinski definition) is 3. The van der Waals surface area contributed by atoms with Crippen LogP contribution in [0, 0.1) is 0 Å². The number of carbonyl (C=O) groups excluding carboxylic acids is 2. The molecule has 0 radical (unpaired) electrons. The molecule has 0 aliphatic carbocycles. The van der Waals surface area contributed by atoms with Crippen molar-refractivity contribution in [1.29, 1.82) is 0 Å². The standard InChI is InChI=1S/C18H19ClN2O3/c1-24-16(13-7-3-2-4-8-13)18(23)21-15(17(20)22)11-12-6-5-9-14(19)10-12/h2-10,15-16H,11H2,1H3,(H2,20,22)(H,21,23)/t15-,16+/m1/s1. The molecule has 0 saturated carbocycles. The van der Waals surface area contributed by atoms with Gasteiger partial charge < -0.3 is 15.8 Å². The van der Waals surface area contributed by atoms with Crippen LogP contribution in [0.5, 0.6) is 0 Å². The first-order valence-electron chi connectivity index (χ1n) is 7.43. The Morgan fingerprint density at radius 2 is 1.88 bits per heavy atom. The molecule has 2 aromatic carbocycles. The normalized spacial score (nSPS) is 13.1. The van der Waals surface area contributed by atoms with Crippen molar-refractivity contribution in [2.75, 3.05) is 7.11 Å². The van der Waals surface area contributed by atoms with E-state index in [9.17, 15) is 9.59 Å². The molecule has 6 heteroatoms. The Labute approximate surface area is 145 Å². The minimum absolute atomic E-state index is 0.257. The third-order valence-electron chi connectivity index (χ3n) is 3.56. The summed E-state index contributed by atoms with van der Waals surface area (Å²) in [7, 11) is 1.44. The van der Waals surface area contributed by atoms with Gasteiger partial charge in [-0.25, -0.2) is 0 Å². The maximum Gasteiger partial charge on any atom is 0.254 e. The van der Waals surface area contributed by atoms with E-state index in [0.29, 0.717) is 10.6 Å². The van der Waals surface area contributed by atoms with Crippen LogP contribution in [0.15, 0.2) is 54.6 Å². The van der Waals surface area contributed by atoms with Crippen LogP contribution in [-0.2, 0) is 20.7 Å². The van der Waals surface area contributed by atoms with Crippen LogP contribution >= 0.6 is 11.6 Å². The van der Waals surface area contributed by atoms with E-state index >= 15 is 0 Å². The fraction of sp³-hybridized carbons (Fsp3) is 0.222. The first-order chi connectivity index (χ1) is 11.5. The van der Waals surface area contributed by atoms with Gasteiger partial charge in [-0.2, -0.15) is 0 Å². The highest BCUT2D eigenvalue weighted by molar-refractivity contribution is 6.30. The van der Waals surface area contributed by atoms with E-state index in [2.05, 4.69) is 5.32 Å². The molecule has 3 N–H and O–H groups in total. The zero-order valence-corrected chi connectivity index (χ0v) is 14.0. The molecule has 24 heavy (non-hydrogen) atoms. The zero-order valence-electron chi connectivity index (χ0n) is 13.2. The summed E-state index contributed by atoms with van der Waals surface area (Å²) in [6, 6.07) is 15.2. The van der Waals surface area contributed by atoms with Gasteiger partial charge in [-0.1, -0.05) is 54.1 Å². The fourth-order valence-corrected chi connectivity index (χ4v) is 2.61. The summed E-state index contributed by atoms with van der Waals surface area (Å²) in [6.07, 6.45) is -0.556. The molecule has 5 nitrogen and oxygen atoms in total.